The number of rotatable bonds is 6. The number of hydrogen-bond donors (Lipinski definition) is 1. The summed E-state index contributed by atoms with van der Waals surface area (Å²) in [6.45, 7) is 8.37. The van der Waals surface area contributed by atoms with Gasteiger partial charge in [-0.3, -0.25) is 19.8 Å². The molecule has 1 N–H and O–H groups in total. The topological polar surface area (TPSA) is 67.9 Å². The molecule has 0 unspecified atom stereocenters. The second-order valence-electron chi connectivity index (χ2n) is 6.87. The summed E-state index contributed by atoms with van der Waals surface area (Å²) in [7, 11) is 0. The molecule has 2 aromatic carbocycles. The van der Waals surface area contributed by atoms with E-state index in [-0.39, 0.29) is 10.7 Å². The van der Waals surface area contributed by atoms with Crippen molar-refractivity contribution in [1.29, 1.82) is 0 Å². The van der Waals surface area contributed by atoms with Crippen LogP contribution >= 0.6 is 23.8 Å². The van der Waals surface area contributed by atoms with Gasteiger partial charge in [-0.2, -0.15) is 0 Å². The Labute approximate surface area is 191 Å². The molecule has 0 saturated carbocycles. The summed E-state index contributed by atoms with van der Waals surface area (Å²) in [5.41, 5.74) is 3.01. The minimum absolute atomic E-state index is 0.0422. The number of thiocarbonyl (C=S) groups is 1. The molecule has 1 heterocycles. The molecule has 31 heavy (non-hydrogen) atoms. The van der Waals surface area contributed by atoms with E-state index < -0.39 is 11.8 Å². The maximum Gasteiger partial charge on any atom is 0.270 e. The number of anilines is 1. The number of carbonyl (C=O) groups is 2. The molecular formula is C23H23ClN2O4S. The SMILES string of the molecule is CCOc1cc(/C=C2\C(=O)NC(=S)N(c3cccc(C)c3C)C2=O)cc(Cl)c1OCC. The molecule has 1 aliphatic rings. The third-order valence-corrected chi connectivity index (χ3v) is 5.42. The standard InChI is InChI=1S/C23H23ClN2O4S/c1-5-29-19-12-15(11-17(24)20(19)30-6-2)10-16-21(27)25-23(31)26(22(16)28)18-9-7-8-13(3)14(18)4/h7-12H,5-6H2,1-4H3,(H,25,27,31)/b16-10+. The van der Waals surface area contributed by atoms with Gasteiger partial charge in [0.05, 0.1) is 23.9 Å². The highest BCUT2D eigenvalue weighted by Crippen LogP contribution is 2.37. The number of carbonyl (C=O) groups excluding carboxylic acids is 2. The quantitative estimate of drug-likeness (QED) is 0.389. The monoisotopic (exact) mass is 458 g/mol. The van der Waals surface area contributed by atoms with E-state index in [1.165, 1.54) is 11.0 Å². The van der Waals surface area contributed by atoms with Crippen LogP contribution in [0.5, 0.6) is 11.5 Å². The molecule has 1 fully saturated rings. The Morgan fingerprint density at radius 1 is 1.13 bits per heavy atom. The van der Waals surface area contributed by atoms with Crippen LogP contribution in [-0.2, 0) is 9.59 Å². The zero-order valence-corrected chi connectivity index (χ0v) is 19.3. The Kier molecular flexibility index (Phi) is 6.97. The Morgan fingerprint density at radius 2 is 1.84 bits per heavy atom. The van der Waals surface area contributed by atoms with Gasteiger partial charge in [0.1, 0.15) is 5.57 Å². The van der Waals surface area contributed by atoms with Gasteiger partial charge in [0.25, 0.3) is 11.8 Å². The third kappa shape index (κ3) is 4.57. The van der Waals surface area contributed by atoms with Gasteiger partial charge in [-0.25, -0.2) is 0 Å². The van der Waals surface area contributed by atoms with Gasteiger partial charge in [0.2, 0.25) is 0 Å². The molecule has 0 radical (unpaired) electrons. The molecular weight excluding hydrogens is 436 g/mol. The zero-order valence-electron chi connectivity index (χ0n) is 17.7. The molecule has 6 nitrogen and oxygen atoms in total. The molecule has 1 saturated heterocycles. The first kappa shape index (κ1) is 22.8. The molecule has 3 rings (SSSR count). The first-order chi connectivity index (χ1) is 14.8. The highest BCUT2D eigenvalue weighted by atomic mass is 35.5. The number of aryl methyl sites for hydroxylation is 1. The van der Waals surface area contributed by atoms with Gasteiger partial charge in [0.15, 0.2) is 16.6 Å². The average Bonchev–Trinajstić information content (AvgIpc) is 2.71. The van der Waals surface area contributed by atoms with Gasteiger partial charge in [0, 0.05) is 0 Å². The van der Waals surface area contributed by atoms with Crippen LogP contribution in [0, 0.1) is 13.8 Å². The number of amides is 2. The van der Waals surface area contributed by atoms with Crippen LogP contribution in [0.4, 0.5) is 5.69 Å². The predicted molar refractivity (Wildman–Crippen MR) is 126 cm³/mol. The summed E-state index contributed by atoms with van der Waals surface area (Å²) in [6, 6.07) is 8.89. The Bertz CT molecular complexity index is 1100. The Hall–Kier alpha value is -2.90. The lowest BCUT2D eigenvalue weighted by molar-refractivity contribution is -0.122. The van der Waals surface area contributed by atoms with E-state index >= 15 is 0 Å². The van der Waals surface area contributed by atoms with Gasteiger partial charge in [-0.1, -0.05) is 23.7 Å². The van der Waals surface area contributed by atoms with E-state index in [9.17, 15) is 9.59 Å². The number of ether oxygens (including phenoxy) is 2. The van der Waals surface area contributed by atoms with Crippen LogP contribution in [0.15, 0.2) is 35.9 Å². The molecule has 1 aliphatic heterocycles. The summed E-state index contributed by atoms with van der Waals surface area (Å²) >= 11 is 11.7. The third-order valence-electron chi connectivity index (χ3n) is 4.85. The van der Waals surface area contributed by atoms with Crippen LogP contribution in [0.1, 0.15) is 30.5 Å². The van der Waals surface area contributed by atoms with Gasteiger partial charge < -0.3 is 9.47 Å². The van der Waals surface area contributed by atoms with Gasteiger partial charge >= 0.3 is 0 Å². The Morgan fingerprint density at radius 3 is 2.52 bits per heavy atom. The number of hydrogen-bond acceptors (Lipinski definition) is 5. The number of nitrogens with one attached hydrogen (secondary N) is 1. The smallest absolute Gasteiger partial charge is 0.270 e. The van der Waals surface area contributed by atoms with Crippen molar-refractivity contribution in [2.75, 3.05) is 18.1 Å². The van der Waals surface area contributed by atoms with Crippen LogP contribution in [0.2, 0.25) is 5.02 Å². The molecule has 2 aromatic rings. The molecule has 0 spiro atoms. The highest BCUT2D eigenvalue weighted by molar-refractivity contribution is 7.80. The van der Waals surface area contributed by atoms with Crippen molar-refractivity contribution in [3.63, 3.8) is 0 Å². The van der Waals surface area contributed by atoms with Crippen molar-refractivity contribution in [2.24, 2.45) is 0 Å². The summed E-state index contributed by atoms with van der Waals surface area (Å²) < 4.78 is 11.2. The largest absolute Gasteiger partial charge is 0.490 e. The van der Waals surface area contributed by atoms with Gasteiger partial charge in [-0.15, -0.1) is 0 Å². The lowest BCUT2D eigenvalue weighted by Gasteiger charge is -2.30. The maximum absolute atomic E-state index is 13.3. The van der Waals surface area contributed by atoms with Crippen molar-refractivity contribution in [3.8, 4) is 11.5 Å². The van der Waals surface area contributed by atoms with Crippen molar-refractivity contribution in [3.05, 3.63) is 57.6 Å². The summed E-state index contributed by atoms with van der Waals surface area (Å²) in [5.74, 6) is -0.218. The van der Waals surface area contributed by atoms with E-state index in [4.69, 9.17) is 33.3 Å². The summed E-state index contributed by atoms with van der Waals surface area (Å²) in [4.78, 5) is 27.2. The lowest BCUT2D eigenvalue weighted by Crippen LogP contribution is -2.54. The van der Waals surface area contributed by atoms with E-state index in [2.05, 4.69) is 5.32 Å². The fourth-order valence-corrected chi connectivity index (χ4v) is 3.79. The molecule has 0 aromatic heterocycles. The van der Waals surface area contributed by atoms with E-state index in [0.29, 0.717) is 41.0 Å². The molecule has 162 valence electrons. The molecule has 8 heteroatoms. The van der Waals surface area contributed by atoms with Crippen LogP contribution in [0.3, 0.4) is 0 Å². The van der Waals surface area contributed by atoms with Crippen molar-refractivity contribution < 1.29 is 19.1 Å². The average molecular weight is 459 g/mol. The van der Waals surface area contributed by atoms with Crippen LogP contribution in [0.25, 0.3) is 6.08 Å². The maximum atomic E-state index is 13.3. The fourth-order valence-electron chi connectivity index (χ4n) is 3.24. The van der Waals surface area contributed by atoms with E-state index in [0.717, 1.165) is 11.1 Å². The van der Waals surface area contributed by atoms with Crippen LogP contribution in [-0.4, -0.2) is 30.1 Å². The van der Waals surface area contributed by atoms with E-state index in [1.54, 1.807) is 18.2 Å². The minimum atomic E-state index is -0.570. The van der Waals surface area contributed by atoms with Crippen molar-refractivity contribution in [2.45, 2.75) is 27.7 Å². The van der Waals surface area contributed by atoms with Crippen molar-refractivity contribution >= 4 is 52.5 Å². The minimum Gasteiger partial charge on any atom is -0.490 e. The summed E-state index contributed by atoms with van der Waals surface area (Å²) in [5, 5.41) is 2.97. The second-order valence-corrected chi connectivity index (χ2v) is 7.67. The van der Waals surface area contributed by atoms with E-state index in [1.807, 2.05) is 39.8 Å². The number of halogens is 1. The molecule has 0 atom stereocenters. The Balaban J connectivity index is 2.07. The predicted octanol–water partition coefficient (Wildman–Crippen LogP) is 4.59. The molecule has 0 bridgehead atoms. The number of nitrogens with zero attached hydrogens (tertiary/aromatic N) is 1. The fraction of sp³-hybridized carbons (Fsp3) is 0.261. The zero-order chi connectivity index (χ0) is 22.7. The normalized spacial score (nSPS) is 15.3. The van der Waals surface area contributed by atoms with Crippen molar-refractivity contribution in [1.82, 2.24) is 5.32 Å². The number of benzene rings is 2. The first-order valence-corrected chi connectivity index (χ1v) is 10.6. The summed E-state index contributed by atoms with van der Waals surface area (Å²) in [6.07, 6.45) is 1.47. The lowest BCUT2D eigenvalue weighted by atomic mass is 10.0. The molecule has 2 amide bonds. The van der Waals surface area contributed by atoms with Gasteiger partial charge in [-0.05, 0) is 80.9 Å². The van der Waals surface area contributed by atoms with Crippen LogP contribution < -0.4 is 19.7 Å². The molecule has 0 aliphatic carbocycles. The highest BCUT2D eigenvalue weighted by Gasteiger charge is 2.35. The first-order valence-electron chi connectivity index (χ1n) is 9.85. The second kappa shape index (κ2) is 9.49.